The summed E-state index contributed by atoms with van der Waals surface area (Å²) in [5, 5.41) is 0. The molecule has 0 N–H and O–H groups in total. The fraction of sp³-hybridized carbons (Fsp3) is 0.636. The van der Waals surface area contributed by atoms with Crippen molar-refractivity contribution < 1.29 is 18.4 Å². The number of ether oxygens (including phenoxy) is 1. The fourth-order valence-corrected chi connectivity index (χ4v) is 0.673. The fourth-order valence-electron chi connectivity index (χ4n) is 0.673. The molecule has 5 nitrogen and oxygen atoms in total. The Morgan fingerprint density at radius 3 is 2.00 bits per heavy atom. The van der Waals surface area contributed by atoms with Crippen molar-refractivity contribution in [3.63, 3.8) is 0 Å². The number of esters is 1. The third-order valence-electron chi connectivity index (χ3n) is 1.24. The van der Waals surface area contributed by atoms with E-state index >= 15 is 0 Å². The number of hydrogen-bond acceptors (Lipinski definition) is 5. The lowest BCUT2D eigenvalue weighted by molar-refractivity contribution is -0.142. The van der Waals surface area contributed by atoms with Gasteiger partial charge in [-0.1, -0.05) is 27.7 Å². The normalized spacial score (nSPS) is 8.12. The first-order chi connectivity index (χ1) is 7.59. The van der Waals surface area contributed by atoms with E-state index in [2.05, 4.69) is 13.6 Å². The summed E-state index contributed by atoms with van der Waals surface area (Å²) >= 11 is 0. The van der Waals surface area contributed by atoms with E-state index in [0.29, 0.717) is 5.76 Å². The second-order valence-corrected chi connectivity index (χ2v) is 2.21. The highest BCUT2D eigenvalue weighted by Gasteiger charge is 2.08. The van der Waals surface area contributed by atoms with Gasteiger partial charge >= 0.3 is 11.8 Å². The minimum absolute atomic E-state index is 0.0626. The highest BCUT2D eigenvalue weighted by atomic mass is 16.6. The van der Waals surface area contributed by atoms with Crippen molar-refractivity contribution >= 4 is 5.97 Å². The Hall–Kier alpha value is -1.52. The highest BCUT2D eigenvalue weighted by molar-refractivity contribution is 5.65. The first-order valence-corrected chi connectivity index (χ1v) is 5.32. The number of aryl methyl sites for hydroxylation is 1. The molecule has 0 radical (unpaired) electrons. The Balaban J connectivity index is 0. The Kier molecular flexibility index (Phi) is 10.6. The lowest BCUT2D eigenvalue weighted by atomic mass is 10.4. The van der Waals surface area contributed by atoms with Crippen molar-refractivity contribution in [2.24, 2.45) is 0 Å². The zero-order chi connectivity index (χ0) is 13.1. The second-order valence-electron chi connectivity index (χ2n) is 2.21. The third kappa shape index (κ3) is 6.86. The molecule has 0 atom stereocenters. The van der Waals surface area contributed by atoms with Gasteiger partial charge in [0.2, 0.25) is 0 Å². The van der Waals surface area contributed by atoms with Crippen molar-refractivity contribution in [2.75, 3.05) is 0 Å². The monoisotopic (exact) mass is 232 g/mol. The smallest absolute Gasteiger partial charge is 0.458 e. The summed E-state index contributed by atoms with van der Waals surface area (Å²) in [6.07, 6.45) is 0. The van der Waals surface area contributed by atoms with Crippen molar-refractivity contribution in [1.82, 2.24) is 0 Å². The van der Waals surface area contributed by atoms with Gasteiger partial charge in [0.05, 0.1) is 0 Å². The zero-order valence-corrected chi connectivity index (χ0v) is 10.7. The number of carbonyl (C=O) groups excluding carboxylic acids is 1. The van der Waals surface area contributed by atoms with E-state index in [0.717, 1.165) is 0 Å². The molecule has 1 aromatic heterocycles. The van der Waals surface area contributed by atoms with E-state index in [1.165, 1.54) is 6.92 Å². The molecule has 0 aromatic carbocycles. The van der Waals surface area contributed by atoms with Crippen molar-refractivity contribution in [1.29, 1.82) is 0 Å². The first-order valence-electron chi connectivity index (χ1n) is 5.32. The Morgan fingerprint density at radius 1 is 1.19 bits per heavy atom. The summed E-state index contributed by atoms with van der Waals surface area (Å²) in [7, 11) is 0. The van der Waals surface area contributed by atoms with Crippen LogP contribution in [0.4, 0.5) is 0 Å². The van der Waals surface area contributed by atoms with Gasteiger partial charge in [-0.25, -0.2) is 4.79 Å². The zero-order valence-electron chi connectivity index (χ0n) is 10.7. The molecule has 16 heavy (non-hydrogen) atoms. The van der Waals surface area contributed by atoms with Crippen molar-refractivity contribution in [3.8, 4) is 0 Å². The van der Waals surface area contributed by atoms with Gasteiger partial charge < -0.3 is 13.6 Å². The largest absolute Gasteiger partial charge is 0.519 e. The summed E-state index contributed by atoms with van der Waals surface area (Å²) in [5.74, 6) is -0.635. The van der Waals surface area contributed by atoms with Gasteiger partial charge in [0.15, 0.2) is 18.1 Å². The molecule has 0 saturated carbocycles. The maximum absolute atomic E-state index is 10.5. The maximum Gasteiger partial charge on any atom is 0.519 e. The van der Waals surface area contributed by atoms with Gasteiger partial charge in [0, 0.05) is 6.92 Å². The van der Waals surface area contributed by atoms with E-state index in [1.54, 1.807) is 6.92 Å². The molecule has 5 heteroatoms. The number of rotatable bonds is 2. The van der Waals surface area contributed by atoms with Gasteiger partial charge in [0.25, 0.3) is 0 Å². The van der Waals surface area contributed by atoms with E-state index in [9.17, 15) is 9.59 Å². The summed E-state index contributed by atoms with van der Waals surface area (Å²) in [5.41, 5.74) is 0. The van der Waals surface area contributed by atoms with Crippen LogP contribution in [0.25, 0.3) is 0 Å². The minimum atomic E-state index is -0.783. The molecule has 1 rings (SSSR count). The van der Waals surface area contributed by atoms with Gasteiger partial charge in [0.1, 0.15) is 0 Å². The van der Waals surface area contributed by atoms with Crippen LogP contribution in [-0.2, 0) is 16.1 Å². The molecule has 0 aliphatic heterocycles. The number of carbonyl (C=O) groups is 1. The molecule has 94 valence electrons. The first kappa shape index (κ1) is 16.9. The van der Waals surface area contributed by atoms with Crippen LogP contribution >= 0.6 is 0 Å². The standard InChI is InChI=1S/C7H8O5.2C2H6/c1-4-6(3-10-5(2)8)12-7(9)11-4;2*1-2/h3H2,1-2H3;2*1-2H3. The average Bonchev–Trinajstić information content (AvgIpc) is 2.60. The molecule has 0 fully saturated rings. The van der Waals surface area contributed by atoms with Crippen LogP contribution in [-0.4, -0.2) is 5.97 Å². The van der Waals surface area contributed by atoms with Gasteiger partial charge in [-0.2, -0.15) is 0 Å². The summed E-state index contributed by atoms with van der Waals surface area (Å²) in [6.45, 7) is 10.8. The highest BCUT2D eigenvalue weighted by Crippen LogP contribution is 2.05. The molecular formula is C11H20O5. The predicted octanol–water partition coefficient (Wildman–Crippen LogP) is 2.66. The Bertz CT molecular complexity index is 334. The van der Waals surface area contributed by atoms with Crippen molar-refractivity contribution in [2.45, 2.75) is 48.1 Å². The molecule has 1 heterocycles. The molecular weight excluding hydrogens is 212 g/mol. The van der Waals surface area contributed by atoms with E-state index in [4.69, 9.17) is 0 Å². The maximum atomic E-state index is 10.5. The quantitative estimate of drug-likeness (QED) is 0.733. The van der Waals surface area contributed by atoms with Crippen LogP contribution < -0.4 is 5.82 Å². The molecule has 1 aromatic rings. The third-order valence-corrected chi connectivity index (χ3v) is 1.24. The van der Waals surface area contributed by atoms with E-state index in [1.807, 2.05) is 27.7 Å². The van der Waals surface area contributed by atoms with Gasteiger partial charge in [-0.15, -0.1) is 0 Å². The Labute approximate surface area is 95.4 Å². The van der Waals surface area contributed by atoms with E-state index < -0.39 is 11.8 Å². The lowest BCUT2D eigenvalue weighted by Crippen LogP contribution is -1.99. The average molecular weight is 232 g/mol. The van der Waals surface area contributed by atoms with Gasteiger partial charge in [-0.05, 0) is 6.92 Å². The summed E-state index contributed by atoms with van der Waals surface area (Å²) in [4.78, 5) is 20.8. The van der Waals surface area contributed by atoms with Crippen LogP contribution in [0, 0.1) is 6.92 Å². The van der Waals surface area contributed by atoms with Crippen LogP contribution in [0.1, 0.15) is 46.1 Å². The second kappa shape index (κ2) is 10.0. The van der Waals surface area contributed by atoms with Crippen LogP contribution in [0.2, 0.25) is 0 Å². The van der Waals surface area contributed by atoms with Crippen LogP contribution in [0.15, 0.2) is 13.6 Å². The van der Waals surface area contributed by atoms with Crippen LogP contribution in [0.3, 0.4) is 0 Å². The van der Waals surface area contributed by atoms with E-state index in [-0.39, 0.29) is 12.4 Å². The Morgan fingerprint density at radius 2 is 1.69 bits per heavy atom. The minimum Gasteiger partial charge on any atom is -0.458 e. The number of hydrogen-bond donors (Lipinski definition) is 0. The molecule has 0 aliphatic rings. The van der Waals surface area contributed by atoms with Crippen LogP contribution in [0.5, 0.6) is 0 Å². The molecule has 0 amide bonds. The molecule has 0 unspecified atom stereocenters. The molecule has 0 bridgehead atoms. The molecule has 0 saturated heterocycles. The molecule has 0 spiro atoms. The SMILES string of the molecule is CC.CC.CC(=O)OCc1oc(=O)oc1C. The van der Waals surface area contributed by atoms with Gasteiger partial charge in [-0.3, -0.25) is 4.79 Å². The van der Waals surface area contributed by atoms with Crippen molar-refractivity contribution in [3.05, 3.63) is 22.1 Å². The predicted molar refractivity (Wildman–Crippen MR) is 60.1 cm³/mol. The summed E-state index contributed by atoms with van der Waals surface area (Å²) in [6, 6.07) is 0. The lowest BCUT2D eigenvalue weighted by Gasteiger charge is -1.96. The summed E-state index contributed by atoms with van der Waals surface area (Å²) < 4.78 is 13.7. The molecule has 0 aliphatic carbocycles. The topological polar surface area (TPSA) is 69.7 Å².